The third-order valence-corrected chi connectivity index (χ3v) is 6.21. The molecule has 1 aromatic rings. The van der Waals surface area contributed by atoms with Crippen LogP contribution in [0.15, 0.2) is 29.2 Å². The van der Waals surface area contributed by atoms with Crippen LogP contribution in [0.1, 0.15) is 12.0 Å². The van der Waals surface area contributed by atoms with Gasteiger partial charge in [-0.2, -0.15) is 0 Å². The lowest BCUT2D eigenvalue weighted by Crippen LogP contribution is -2.36. The third-order valence-electron chi connectivity index (χ3n) is 3.31. The second-order valence-electron chi connectivity index (χ2n) is 5.26. The Morgan fingerprint density at radius 3 is 2.38 bits per heavy atom. The molecule has 1 aromatic carbocycles. The Labute approximate surface area is 124 Å². The highest BCUT2D eigenvalue weighted by Gasteiger charge is 2.28. The molecular weight excluding hydrogens is 314 g/mol. The molecule has 1 N–H and O–H groups in total. The first-order valence-electron chi connectivity index (χ1n) is 6.44. The average molecular weight is 331 g/mol. The molecule has 1 aliphatic heterocycles. The van der Waals surface area contributed by atoms with Gasteiger partial charge < -0.3 is 5.32 Å². The Kier molecular flexibility index (Phi) is 4.38. The molecule has 6 nitrogen and oxygen atoms in total. The molecule has 0 aliphatic carbocycles. The molecule has 0 bridgehead atoms. The van der Waals surface area contributed by atoms with Gasteiger partial charge in [0.05, 0.1) is 22.8 Å². The fraction of sp³-hybridized carbons (Fsp3) is 0.462. The van der Waals surface area contributed by atoms with Gasteiger partial charge in [-0.05, 0) is 24.1 Å². The third kappa shape index (κ3) is 4.53. The molecule has 0 saturated carbocycles. The van der Waals surface area contributed by atoms with E-state index in [4.69, 9.17) is 0 Å². The van der Waals surface area contributed by atoms with Crippen LogP contribution in [-0.4, -0.2) is 46.5 Å². The zero-order valence-corrected chi connectivity index (χ0v) is 13.2. The highest BCUT2D eigenvalue weighted by molar-refractivity contribution is 7.91. The van der Waals surface area contributed by atoms with Gasteiger partial charge in [-0.1, -0.05) is 12.1 Å². The van der Waals surface area contributed by atoms with Crippen LogP contribution in [0.2, 0.25) is 0 Å². The molecular formula is C13H17NO5S2. The van der Waals surface area contributed by atoms with Crippen molar-refractivity contribution in [1.82, 2.24) is 5.32 Å². The van der Waals surface area contributed by atoms with Crippen LogP contribution >= 0.6 is 0 Å². The summed E-state index contributed by atoms with van der Waals surface area (Å²) in [6.45, 7) is 0. The van der Waals surface area contributed by atoms with Crippen LogP contribution in [0.3, 0.4) is 0 Å². The molecule has 0 aromatic heterocycles. The molecule has 1 fully saturated rings. The number of carbonyl (C=O) groups excluding carboxylic acids is 1. The number of hydrogen-bond donors (Lipinski definition) is 1. The molecule has 21 heavy (non-hydrogen) atoms. The maximum atomic E-state index is 11.8. The maximum absolute atomic E-state index is 11.8. The van der Waals surface area contributed by atoms with Crippen molar-refractivity contribution in [3.63, 3.8) is 0 Å². The van der Waals surface area contributed by atoms with Gasteiger partial charge in [0, 0.05) is 12.3 Å². The lowest BCUT2D eigenvalue weighted by molar-refractivity contribution is -0.121. The van der Waals surface area contributed by atoms with Gasteiger partial charge in [-0.15, -0.1) is 0 Å². The number of hydrogen-bond acceptors (Lipinski definition) is 5. The van der Waals surface area contributed by atoms with E-state index in [1.165, 1.54) is 12.1 Å². The zero-order valence-electron chi connectivity index (χ0n) is 11.6. The summed E-state index contributed by atoms with van der Waals surface area (Å²) in [6, 6.07) is 5.76. The first-order valence-corrected chi connectivity index (χ1v) is 10.2. The summed E-state index contributed by atoms with van der Waals surface area (Å²) in [5.41, 5.74) is 0.681. The largest absolute Gasteiger partial charge is 0.352 e. The quantitative estimate of drug-likeness (QED) is 0.833. The van der Waals surface area contributed by atoms with Crippen LogP contribution in [0.4, 0.5) is 0 Å². The minimum Gasteiger partial charge on any atom is -0.352 e. The van der Waals surface area contributed by atoms with Gasteiger partial charge in [0.25, 0.3) is 0 Å². The summed E-state index contributed by atoms with van der Waals surface area (Å²) in [7, 11) is -6.26. The van der Waals surface area contributed by atoms with Crippen molar-refractivity contribution in [1.29, 1.82) is 0 Å². The van der Waals surface area contributed by atoms with E-state index in [1.54, 1.807) is 12.1 Å². The molecule has 1 amide bonds. The monoisotopic (exact) mass is 331 g/mol. The number of amides is 1. The van der Waals surface area contributed by atoms with Crippen molar-refractivity contribution in [2.24, 2.45) is 0 Å². The standard InChI is InChI=1S/C13H17NO5S2/c1-20(16,17)12-4-2-10(3-5-12)8-13(15)14-11-6-7-21(18,19)9-11/h2-5,11H,6-9H2,1H3,(H,14,15). The SMILES string of the molecule is CS(=O)(=O)c1ccc(CC(=O)NC2CCS(=O)(=O)C2)cc1. The van der Waals surface area contributed by atoms with Crippen molar-refractivity contribution in [3.8, 4) is 0 Å². The van der Waals surface area contributed by atoms with Gasteiger partial charge in [0.15, 0.2) is 19.7 Å². The normalized spacial score (nSPS) is 21.1. The molecule has 0 spiro atoms. The van der Waals surface area contributed by atoms with Gasteiger partial charge in [-0.25, -0.2) is 16.8 Å². The summed E-state index contributed by atoms with van der Waals surface area (Å²) < 4.78 is 45.3. The molecule has 0 radical (unpaired) electrons. The Balaban J connectivity index is 1.94. The Hall–Kier alpha value is -1.41. The van der Waals surface area contributed by atoms with E-state index in [-0.39, 0.29) is 34.8 Å². The smallest absolute Gasteiger partial charge is 0.224 e. The number of sulfone groups is 2. The summed E-state index contributed by atoms with van der Waals surface area (Å²) in [5, 5.41) is 2.69. The van der Waals surface area contributed by atoms with Crippen molar-refractivity contribution in [3.05, 3.63) is 29.8 Å². The van der Waals surface area contributed by atoms with Crippen LogP contribution in [0.5, 0.6) is 0 Å². The van der Waals surface area contributed by atoms with E-state index in [1.807, 2.05) is 0 Å². The van der Waals surface area contributed by atoms with Crippen LogP contribution < -0.4 is 5.32 Å². The Morgan fingerprint density at radius 1 is 1.29 bits per heavy atom. The van der Waals surface area contributed by atoms with Gasteiger partial charge in [0.1, 0.15) is 0 Å². The molecule has 116 valence electrons. The number of rotatable bonds is 4. The molecule has 8 heteroatoms. The van der Waals surface area contributed by atoms with E-state index in [0.717, 1.165) is 6.26 Å². The summed E-state index contributed by atoms with van der Waals surface area (Å²) in [5.74, 6) is -0.156. The van der Waals surface area contributed by atoms with Gasteiger partial charge in [-0.3, -0.25) is 4.79 Å². The lowest BCUT2D eigenvalue weighted by atomic mass is 10.1. The Bertz CT molecular complexity index is 735. The van der Waals surface area contributed by atoms with Crippen LogP contribution in [-0.2, 0) is 30.9 Å². The fourth-order valence-electron chi connectivity index (χ4n) is 2.23. The minimum atomic E-state index is -3.25. The van der Waals surface area contributed by atoms with Crippen LogP contribution in [0, 0.1) is 0 Å². The van der Waals surface area contributed by atoms with E-state index in [2.05, 4.69) is 5.32 Å². The first kappa shape index (κ1) is 16.0. The number of carbonyl (C=O) groups is 1. The molecule has 2 rings (SSSR count). The van der Waals surface area contributed by atoms with Crippen molar-refractivity contribution < 1.29 is 21.6 Å². The second kappa shape index (κ2) is 5.76. The summed E-state index contributed by atoms with van der Waals surface area (Å²) in [6.07, 6.45) is 1.66. The lowest BCUT2D eigenvalue weighted by Gasteiger charge is -2.10. The molecule has 1 heterocycles. The minimum absolute atomic E-state index is 0.00818. The van der Waals surface area contributed by atoms with Crippen LogP contribution in [0.25, 0.3) is 0 Å². The molecule has 1 atom stereocenters. The fourth-order valence-corrected chi connectivity index (χ4v) is 4.53. The van der Waals surface area contributed by atoms with Gasteiger partial charge >= 0.3 is 0 Å². The highest BCUT2D eigenvalue weighted by atomic mass is 32.2. The van der Waals surface area contributed by atoms with E-state index in [9.17, 15) is 21.6 Å². The summed E-state index contributed by atoms with van der Waals surface area (Å²) >= 11 is 0. The number of benzene rings is 1. The van der Waals surface area contributed by atoms with Gasteiger partial charge in [0.2, 0.25) is 5.91 Å². The summed E-state index contributed by atoms with van der Waals surface area (Å²) in [4.78, 5) is 12.0. The molecule has 1 aliphatic rings. The average Bonchev–Trinajstić information content (AvgIpc) is 2.68. The van der Waals surface area contributed by atoms with Crippen molar-refractivity contribution >= 4 is 25.6 Å². The van der Waals surface area contributed by atoms with Crippen molar-refractivity contribution in [2.75, 3.05) is 17.8 Å². The topological polar surface area (TPSA) is 97.4 Å². The predicted molar refractivity (Wildman–Crippen MR) is 78.5 cm³/mol. The first-order chi connectivity index (χ1) is 9.66. The highest BCUT2D eigenvalue weighted by Crippen LogP contribution is 2.13. The molecule has 1 saturated heterocycles. The second-order valence-corrected chi connectivity index (χ2v) is 9.50. The zero-order chi connectivity index (χ0) is 15.7. The van der Waals surface area contributed by atoms with E-state index >= 15 is 0 Å². The number of nitrogens with one attached hydrogen (secondary N) is 1. The van der Waals surface area contributed by atoms with E-state index < -0.39 is 19.7 Å². The Morgan fingerprint density at radius 2 is 1.90 bits per heavy atom. The predicted octanol–water partition coefficient (Wildman–Crippen LogP) is -0.0641. The maximum Gasteiger partial charge on any atom is 0.224 e. The van der Waals surface area contributed by atoms with E-state index in [0.29, 0.717) is 12.0 Å². The molecule has 1 unspecified atom stereocenters. The van der Waals surface area contributed by atoms with Crippen molar-refractivity contribution in [2.45, 2.75) is 23.8 Å².